The minimum atomic E-state index is 0.358. The molecule has 1 N–H and O–H groups in total. The first kappa shape index (κ1) is 22.6. The predicted octanol–water partition coefficient (Wildman–Crippen LogP) is 9.28. The van der Waals surface area contributed by atoms with Crippen LogP contribution in [0.15, 0.2) is 91.0 Å². The lowest BCUT2D eigenvalue weighted by Crippen LogP contribution is -1.86. The first-order valence-corrected chi connectivity index (χ1v) is 12.1. The van der Waals surface area contributed by atoms with E-state index in [-0.39, 0.29) is 0 Å². The van der Waals surface area contributed by atoms with Crippen LogP contribution in [-0.2, 0) is 12.8 Å². The quantitative estimate of drug-likeness (QED) is 0.213. The first-order valence-electron chi connectivity index (χ1n) is 12.1. The third-order valence-corrected chi connectivity index (χ3v) is 6.33. The summed E-state index contributed by atoms with van der Waals surface area (Å²) in [7, 11) is 0. The average Bonchev–Trinajstić information content (AvgIpc) is 2.89. The Morgan fingerprint density at radius 3 is 1.45 bits per heavy atom. The zero-order valence-electron chi connectivity index (χ0n) is 20.0. The van der Waals surface area contributed by atoms with E-state index in [0.717, 1.165) is 29.0 Å². The Labute approximate surface area is 196 Å². The molecule has 0 radical (unpaired) electrons. The fourth-order valence-corrected chi connectivity index (χ4v) is 4.65. The molecule has 0 aliphatic rings. The SMILES string of the molecule is CC.CCc1ccc(CC)cc1.Oc1ccc2cccc3c4cccc5cccc(c1c23)c54. The highest BCUT2D eigenvalue weighted by Crippen LogP contribution is 2.43. The van der Waals surface area contributed by atoms with Crippen LogP contribution in [0.5, 0.6) is 5.75 Å². The lowest BCUT2D eigenvalue weighted by atomic mass is 9.89. The fourth-order valence-electron chi connectivity index (χ4n) is 4.65. The van der Waals surface area contributed by atoms with E-state index in [0.29, 0.717) is 5.75 Å². The molecule has 0 aromatic heterocycles. The molecule has 166 valence electrons. The number of hydrogen-bond donors (Lipinski definition) is 1. The molecule has 0 unspecified atom stereocenters. The molecule has 0 bridgehead atoms. The Bertz CT molecular complexity index is 1460. The van der Waals surface area contributed by atoms with Crippen molar-refractivity contribution in [3.05, 3.63) is 102 Å². The van der Waals surface area contributed by atoms with Crippen molar-refractivity contribution in [3.63, 3.8) is 0 Å². The lowest BCUT2D eigenvalue weighted by Gasteiger charge is -2.14. The Kier molecular flexibility index (Phi) is 6.79. The van der Waals surface area contributed by atoms with Gasteiger partial charge in [0.2, 0.25) is 0 Å². The van der Waals surface area contributed by atoms with Gasteiger partial charge >= 0.3 is 0 Å². The highest BCUT2D eigenvalue weighted by molar-refractivity contribution is 6.33. The van der Waals surface area contributed by atoms with Crippen molar-refractivity contribution in [2.45, 2.75) is 40.5 Å². The number of aromatic hydroxyl groups is 1. The second kappa shape index (κ2) is 9.92. The van der Waals surface area contributed by atoms with Gasteiger partial charge in [0.15, 0.2) is 0 Å². The molecule has 0 saturated carbocycles. The Morgan fingerprint density at radius 2 is 0.939 bits per heavy atom. The van der Waals surface area contributed by atoms with E-state index in [1.165, 1.54) is 38.1 Å². The van der Waals surface area contributed by atoms with Crippen LogP contribution in [0.1, 0.15) is 38.8 Å². The normalized spacial score (nSPS) is 10.8. The summed E-state index contributed by atoms with van der Waals surface area (Å²) in [6.07, 6.45) is 2.29. The van der Waals surface area contributed by atoms with Gasteiger partial charge in [0.1, 0.15) is 5.75 Å². The van der Waals surface area contributed by atoms with E-state index in [1.807, 2.05) is 19.9 Å². The van der Waals surface area contributed by atoms with Crippen molar-refractivity contribution >= 4 is 43.1 Å². The molecule has 0 fully saturated rings. The van der Waals surface area contributed by atoms with Gasteiger partial charge in [-0.3, -0.25) is 0 Å². The summed E-state index contributed by atoms with van der Waals surface area (Å²) < 4.78 is 0. The van der Waals surface area contributed by atoms with E-state index >= 15 is 0 Å². The van der Waals surface area contributed by atoms with Gasteiger partial charge < -0.3 is 5.11 Å². The van der Waals surface area contributed by atoms with E-state index in [4.69, 9.17) is 0 Å². The summed E-state index contributed by atoms with van der Waals surface area (Å²) in [4.78, 5) is 0. The number of phenolic OH excluding ortho intramolecular Hbond substituents is 1. The molecule has 6 aromatic carbocycles. The number of benzene rings is 6. The smallest absolute Gasteiger partial charge is 0.124 e. The minimum Gasteiger partial charge on any atom is -0.507 e. The molecule has 0 atom stereocenters. The third-order valence-electron chi connectivity index (χ3n) is 6.33. The number of hydrogen-bond acceptors (Lipinski definition) is 1. The summed E-state index contributed by atoms with van der Waals surface area (Å²) in [6, 6.07) is 31.7. The number of fused-ring (bicyclic) bond motifs is 2. The van der Waals surface area contributed by atoms with Crippen molar-refractivity contribution in [3.8, 4) is 5.75 Å². The molecule has 1 nitrogen and oxygen atoms in total. The maximum atomic E-state index is 10.4. The van der Waals surface area contributed by atoms with E-state index < -0.39 is 0 Å². The zero-order valence-corrected chi connectivity index (χ0v) is 20.0. The summed E-state index contributed by atoms with van der Waals surface area (Å²) in [5.41, 5.74) is 2.86. The van der Waals surface area contributed by atoms with Gasteiger partial charge in [0, 0.05) is 10.8 Å². The number of rotatable bonds is 2. The average molecular weight is 433 g/mol. The van der Waals surface area contributed by atoms with E-state index in [1.54, 1.807) is 6.07 Å². The predicted molar refractivity (Wildman–Crippen MR) is 146 cm³/mol. The van der Waals surface area contributed by atoms with Gasteiger partial charge in [-0.15, -0.1) is 0 Å². The second-order valence-electron chi connectivity index (χ2n) is 8.10. The van der Waals surface area contributed by atoms with Crippen LogP contribution in [0.25, 0.3) is 43.1 Å². The maximum absolute atomic E-state index is 10.4. The van der Waals surface area contributed by atoms with Gasteiger partial charge in [-0.25, -0.2) is 0 Å². The standard InChI is InChI=1S/C20H12O.C10H14.C2H6/c21-17-11-10-13-6-2-8-15-14-7-1-4-12-5-3-9-16(18(12)14)20(17)19(13)15;1-3-9-5-7-10(4-2)8-6-9;1-2/h1-11,21H;5-8H,3-4H2,1-2H3;1-2H3. The zero-order chi connectivity index (χ0) is 23.4. The summed E-state index contributed by atoms with van der Waals surface area (Å²) in [6.45, 7) is 8.36. The van der Waals surface area contributed by atoms with Crippen molar-refractivity contribution in [1.29, 1.82) is 0 Å². The molecule has 0 aliphatic carbocycles. The molecule has 0 aliphatic heterocycles. The molecule has 6 aromatic rings. The number of aryl methyl sites for hydroxylation is 2. The summed E-state index contributed by atoms with van der Waals surface area (Å²) in [5.74, 6) is 0.358. The van der Waals surface area contributed by atoms with E-state index in [2.05, 4.69) is 92.7 Å². The lowest BCUT2D eigenvalue weighted by molar-refractivity contribution is 0.482. The molecule has 33 heavy (non-hydrogen) atoms. The van der Waals surface area contributed by atoms with Gasteiger partial charge in [0.25, 0.3) is 0 Å². The highest BCUT2D eigenvalue weighted by Gasteiger charge is 2.14. The summed E-state index contributed by atoms with van der Waals surface area (Å²) >= 11 is 0. The summed E-state index contributed by atoms with van der Waals surface area (Å²) in [5, 5.41) is 19.8. The molecular formula is C32H32O. The van der Waals surface area contributed by atoms with Crippen LogP contribution in [-0.4, -0.2) is 5.11 Å². The molecule has 6 rings (SSSR count). The minimum absolute atomic E-state index is 0.358. The van der Waals surface area contributed by atoms with Crippen LogP contribution < -0.4 is 0 Å². The van der Waals surface area contributed by atoms with Crippen LogP contribution >= 0.6 is 0 Å². The van der Waals surface area contributed by atoms with Crippen molar-refractivity contribution < 1.29 is 5.11 Å². The van der Waals surface area contributed by atoms with Crippen LogP contribution in [0.3, 0.4) is 0 Å². The molecule has 0 saturated heterocycles. The molecular weight excluding hydrogens is 400 g/mol. The molecule has 0 amide bonds. The number of phenols is 1. The van der Waals surface area contributed by atoms with Gasteiger partial charge in [-0.1, -0.05) is 113 Å². The van der Waals surface area contributed by atoms with Crippen molar-refractivity contribution in [2.24, 2.45) is 0 Å². The highest BCUT2D eigenvalue weighted by atomic mass is 16.3. The van der Waals surface area contributed by atoms with Crippen LogP contribution in [0, 0.1) is 0 Å². The van der Waals surface area contributed by atoms with Gasteiger partial charge in [-0.05, 0) is 62.4 Å². The molecule has 0 spiro atoms. The fraction of sp³-hybridized carbons (Fsp3) is 0.188. The first-order chi connectivity index (χ1) is 16.2. The van der Waals surface area contributed by atoms with Gasteiger partial charge in [-0.2, -0.15) is 0 Å². The van der Waals surface area contributed by atoms with E-state index in [9.17, 15) is 5.11 Å². The second-order valence-corrected chi connectivity index (χ2v) is 8.10. The van der Waals surface area contributed by atoms with Crippen LogP contribution in [0.4, 0.5) is 0 Å². The largest absolute Gasteiger partial charge is 0.507 e. The monoisotopic (exact) mass is 432 g/mol. The Hall–Kier alpha value is -3.58. The van der Waals surface area contributed by atoms with Crippen molar-refractivity contribution in [2.75, 3.05) is 0 Å². The molecule has 0 heterocycles. The topological polar surface area (TPSA) is 20.2 Å². The van der Waals surface area contributed by atoms with Crippen molar-refractivity contribution in [1.82, 2.24) is 0 Å². The molecule has 1 heteroatoms. The Balaban J connectivity index is 0.000000184. The maximum Gasteiger partial charge on any atom is 0.124 e. The third kappa shape index (κ3) is 4.12. The van der Waals surface area contributed by atoms with Crippen LogP contribution in [0.2, 0.25) is 0 Å². The van der Waals surface area contributed by atoms with Gasteiger partial charge in [0.05, 0.1) is 0 Å². The Morgan fingerprint density at radius 1 is 0.485 bits per heavy atom.